The Hall–Kier alpha value is -2.68. The highest BCUT2D eigenvalue weighted by molar-refractivity contribution is 5.95. The molecule has 28 heavy (non-hydrogen) atoms. The van der Waals surface area contributed by atoms with Crippen LogP contribution in [0, 0.1) is 0 Å². The van der Waals surface area contributed by atoms with Crippen molar-refractivity contribution in [2.24, 2.45) is 0 Å². The number of halogens is 3. The molecule has 4 rings (SSSR count). The van der Waals surface area contributed by atoms with Gasteiger partial charge in [-0.3, -0.25) is 4.79 Å². The van der Waals surface area contributed by atoms with E-state index in [0.717, 1.165) is 42.1 Å². The van der Waals surface area contributed by atoms with Crippen molar-refractivity contribution in [2.45, 2.75) is 38.3 Å². The van der Waals surface area contributed by atoms with E-state index in [1.54, 1.807) is 11.1 Å². The number of ether oxygens (including phenoxy) is 2. The summed E-state index contributed by atoms with van der Waals surface area (Å²) in [6.07, 6.45) is -1.22. The molecule has 148 valence electrons. The highest BCUT2D eigenvalue weighted by Crippen LogP contribution is 2.43. The Morgan fingerprint density at radius 3 is 2.64 bits per heavy atom. The first-order valence-electron chi connectivity index (χ1n) is 8.94. The van der Waals surface area contributed by atoms with Crippen LogP contribution >= 0.6 is 0 Å². The van der Waals surface area contributed by atoms with Gasteiger partial charge in [-0.15, -0.1) is 13.2 Å². The Labute approximate surface area is 159 Å². The molecule has 2 aromatic rings. The van der Waals surface area contributed by atoms with Gasteiger partial charge in [-0.1, -0.05) is 6.92 Å². The summed E-state index contributed by atoms with van der Waals surface area (Å²) in [5, 5.41) is 0. The van der Waals surface area contributed by atoms with E-state index in [1.807, 2.05) is 0 Å². The standard InChI is InChI=1S/C19H18F3N3O3/c1-2-3-16-23-8-14-15(24-16)9-27-18(14)10-25(11-18)17(26)12-4-6-13(7-5-12)28-19(20,21)22/h4-8H,2-3,9-11H2,1H3. The predicted molar refractivity (Wildman–Crippen MR) is 91.5 cm³/mol. The molecule has 1 amide bonds. The van der Waals surface area contributed by atoms with Crippen LogP contribution in [0.1, 0.15) is 40.8 Å². The van der Waals surface area contributed by atoms with Crippen molar-refractivity contribution in [1.82, 2.24) is 14.9 Å². The number of hydrogen-bond acceptors (Lipinski definition) is 5. The minimum atomic E-state index is -4.76. The normalized spacial score (nSPS) is 17.4. The first-order valence-corrected chi connectivity index (χ1v) is 8.94. The summed E-state index contributed by atoms with van der Waals surface area (Å²) in [5.74, 6) is 0.150. The number of rotatable bonds is 4. The molecule has 0 bridgehead atoms. The fourth-order valence-corrected chi connectivity index (χ4v) is 3.53. The van der Waals surface area contributed by atoms with Gasteiger partial charge in [0, 0.05) is 23.7 Å². The van der Waals surface area contributed by atoms with Crippen molar-refractivity contribution in [3.63, 3.8) is 0 Å². The van der Waals surface area contributed by atoms with Crippen molar-refractivity contribution in [3.8, 4) is 5.75 Å². The SMILES string of the molecule is CCCc1ncc2c(n1)COC21CN(C(=O)c2ccc(OC(F)(F)F)cc2)C1. The van der Waals surface area contributed by atoms with Crippen molar-refractivity contribution in [3.05, 3.63) is 53.1 Å². The zero-order valence-corrected chi connectivity index (χ0v) is 15.1. The van der Waals surface area contributed by atoms with E-state index in [9.17, 15) is 18.0 Å². The fraction of sp³-hybridized carbons (Fsp3) is 0.421. The number of hydrogen-bond donors (Lipinski definition) is 0. The van der Waals surface area contributed by atoms with E-state index in [1.165, 1.54) is 12.1 Å². The molecular weight excluding hydrogens is 375 g/mol. The second-order valence-electron chi connectivity index (χ2n) is 6.91. The van der Waals surface area contributed by atoms with Crippen molar-refractivity contribution >= 4 is 5.91 Å². The monoisotopic (exact) mass is 393 g/mol. The second kappa shape index (κ2) is 6.73. The highest BCUT2D eigenvalue weighted by atomic mass is 19.4. The summed E-state index contributed by atoms with van der Waals surface area (Å²) < 4.78 is 46.4. The molecule has 2 aliphatic heterocycles. The van der Waals surface area contributed by atoms with Crippen LogP contribution < -0.4 is 4.74 Å². The Morgan fingerprint density at radius 1 is 1.29 bits per heavy atom. The highest BCUT2D eigenvalue weighted by Gasteiger charge is 2.52. The van der Waals surface area contributed by atoms with E-state index in [4.69, 9.17) is 4.74 Å². The number of aromatic nitrogens is 2. The van der Waals surface area contributed by atoms with Crippen LogP contribution in [0.2, 0.25) is 0 Å². The van der Waals surface area contributed by atoms with Gasteiger partial charge in [-0.05, 0) is 30.7 Å². The third-order valence-electron chi connectivity index (χ3n) is 4.88. The zero-order chi connectivity index (χ0) is 19.9. The molecular formula is C19H18F3N3O3. The third-order valence-corrected chi connectivity index (χ3v) is 4.88. The molecule has 2 aliphatic rings. The van der Waals surface area contributed by atoms with E-state index >= 15 is 0 Å². The lowest BCUT2D eigenvalue weighted by Gasteiger charge is -2.47. The summed E-state index contributed by atoms with van der Waals surface area (Å²) in [7, 11) is 0. The fourth-order valence-electron chi connectivity index (χ4n) is 3.53. The van der Waals surface area contributed by atoms with E-state index in [2.05, 4.69) is 21.6 Å². The Bertz CT molecular complexity index is 894. The number of benzene rings is 1. The van der Waals surface area contributed by atoms with Crippen LogP contribution in [0.3, 0.4) is 0 Å². The van der Waals surface area contributed by atoms with Crippen molar-refractivity contribution in [1.29, 1.82) is 0 Å². The van der Waals surface area contributed by atoms with Gasteiger partial charge in [-0.2, -0.15) is 0 Å². The quantitative estimate of drug-likeness (QED) is 0.798. The molecule has 1 fully saturated rings. The topological polar surface area (TPSA) is 64.6 Å². The Morgan fingerprint density at radius 2 is 2.00 bits per heavy atom. The predicted octanol–water partition coefficient (Wildman–Crippen LogP) is 3.21. The van der Waals surface area contributed by atoms with Gasteiger partial charge in [-0.25, -0.2) is 9.97 Å². The average Bonchev–Trinajstić information content (AvgIpc) is 2.98. The maximum Gasteiger partial charge on any atom is 0.573 e. The molecule has 0 unspecified atom stereocenters. The maximum absolute atomic E-state index is 12.6. The molecule has 0 atom stereocenters. The number of carbonyl (C=O) groups is 1. The lowest BCUT2D eigenvalue weighted by Crippen LogP contribution is -2.61. The average molecular weight is 393 g/mol. The van der Waals surface area contributed by atoms with Gasteiger partial charge in [0.1, 0.15) is 17.2 Å². The zero-order valence-electron chi connectivity index (χ0n) is 15.1. The van der Waals surface area contributed by atoms with Gasteiger partial charge in [0.25, 0.3) is 5.91 Å². The third kappa shape index (κ3) is 3.42. The van der Waals surface area contributed by atoms with Crippen LogP contribution in [0.15, 0.2) is 30.5 Å². The molecule has 6 nitrogen and oxygen atoms in total. The van der Waals surface area contributed by atoms with Gasteiger partial charge in [0.2, 0.25) is 0 Å². The number of fused-ring (bicyclic) bond motifs is 2. The molecule has 1 saturated heterocycles. The lowest BCUT2D eigenvalue weighted by molar-refractivity contribution is -0.274. The molecule has 0 radical (unpaired) electrons. The molecule has 3 heterocycles. The second-order valence-corrected chi connectivity index (χ2v) is 6.91. The number of carbonyl (C=O) groups excluding carboxylic acids is 1. The van der Waals surface area contributed by atoms with Gasteiger partial charge < -0.3 is 14.4 Å². The first kappa shape index (κ1) is 18.7. The van der Waals surface area contributed by atoms with Gasteiger partial charge in [0.15, 0.2) is 0 Å². The summed E-state index contributed by atoms with van der Waals surface area (Å²) in [4.78, 5) is 23.1. The maximum atomic E-state index is 12.6. The Balaban J connectivity index is 1.43. The van der Waals surface area contributed by atoms with Crippen molar-refractivity contribution in [2.75, 3.05) is 13.1 Å². The smallest absolute Gasteiger partial charge is 0.406 e. The minimum absolute atomic E-state index is 0.273. The number of nitrogens with zero attached hydrogens (tertiary/aromatic N) is 3. The molecule has 0 saturated carbocycles. The van der Waals surface area contributed by atoms with Crippen LogP contribution in [0.5, 0.6) is 5.75 Å². The number of amides is 1. The largest absolute Gasteiger partial charge is 0.573 e. The van der Waals surface area contributed by atoms with Crippen LogP contribution in [-0.4, -0.2) is 40.2 Å². The van der Waals surface area contributed by atoms with Crippen LogP contribution in [0.4, 0.5) is 13.2 Å². The molecule has 1 spiro atoms. The number of alkyl halides is 3. The summed E-state index contributed by atoms with van der Waals surface area (Å²) in [6, 6.07) is 4.89. The number of aryl methyl sites for hydroxylation is 1. The number of likely N-dealkylation sites (tertiary alicyclic amines) is 1. The molecule has 0 N–H and O–H groups in total. The molecule has 0 aliphatic carbocycles. The summed E-state index contributed by atoms with van der Waals surface area (Å²) in [6.45, 7) is 3.16. The molecule has 1 aromatic carbocycles. The molecule has 1 aromatic heterocycles. The van der Waals surface area contributed by atoms with E-state index in [-0.39, 0.29) is 17.2 Å². The van der Waals surface area contributed by atoms with E-state index < -0.39 is 12.0 Å². The van der Waals surface area contributed by atoms with Crippen LogP contribution in [0.25, 0.3) is 0 Å². The Kier molecular flexibility index (Phi) is 4.49. The minimum Gasteiger partial charge on any atom is -0.406 e. The van der Waals surface area contributed by atoms with Crippen LogP contribution in [-0.2, 0) is 23.4 Å². The van der Waals surface area contributed by atoms with E-state index in [0.29, 0.717) is 19.7 Å². The first-order chi connectivity index (χ1) is 13.3. The van der Waals surface area contributed by atoms with Gasteiger partial charge >= 0.3 is 6.36 Å². The summed E-state index contributed by atoms with van der Waals surface area (Å²) >= 11 is 0. The lowest BCUT2D eigenvalue weighted by atomic mass is 9.87. The summed E-state index contributed by atoms with van der Waals surface area (Å²) in [5.41, 5.74) is 1.47. The van der Waals surface area contributed by atoms with Gasteiger partial charge in [0.05, 0.1) is 25.4 Å². The molecule has 9 heteroatoms. The van der Waals surface area contributed by atoms with Crippen molar-refractivity contribution < 1.29 is 27.4 Å².